The summed E-state index contributed by atoms with van der Waals surface area (Å²) < 4.78 is 0. The highest BCUT2D eigenvalue weighted by molar-refractivity contribution is 5.90. The summed E-state index contributed by atoms with van der Waals surface area (Å²) in [6, 6.07) is 5.23. The number of phenols is 1. The number of hydrogen-bond donors (Lipinski definition) is 2. The Morgan fingerprint density at radius 3 is 2.93 bits per heavy atom. The maximum absolute atomic E-state index is 10.8. The van der Waals surface area contributed by atoms with Crippen molar-refractivity contribution in [3.05, 3.63) is 36.4 Å². The fourth-order valence-corrected chi connectivity index (χ4v) is 1.20. The van der Waals surface area contributed by atoms with Gasteiger partial charge >= 0.3 is 0 Å². The van der Waals surface area contributed by atoms with Crippen LogP contribution < -0.4 is 5.32 Å². The van der Waals surface area contributed by atoms with E-state index in [2.05, 4.69) is 11.9 Å². The quantitative estimate of drug-likeness (QED) is 0.567. The van der Waals surface area contributed by atoms with Crippen LogP contribution >= 0.6 is 0 Å². The van der Waals surface area contributed by atoms with Crippen LogP contribution in [0.5, 0.6) is 5.75 Å². The predicted molar refractivity (Wildman–Crippen MR) is 56.3 cm³/mol. The molecule has 1 aromatic rings. The van der Waals surface area contributed by atoms with Crippen LogP contribution in [0.2, 0.25) is 0 Å². The summed E-state index contributed by atoms with van der Waals surface area (Å²) in [6.45, 7) is 4.99. The molecule has 0 aliphatic carbocycles. The molecule has 0 saturated carbocycles. The highest BCUT2D eigenvalue weighted by atomic mass is 16.3. The Morgan fingerprint density at radius 2 is 2.36 bits per heavy atom. The molecule has 1 aromatic carbocycles. The van der Waals surface area contributed by atoms with Crippen molar-refractivity contribution in [3.8, 4) is 5.75 Å². The number of allylic oxidation sites excluding steroid dienone is 1. The highest BCUT2D eigenvalue weighted by Gasteiger charge is 2.06. The maximum atomic E-state index is 10.8. The van der Waals surface area contributed by atoms with Gasteiger partial charge in [0.15, 0.2) is 0 Å². The van der Waals surface area contributed by atoms with Crippen molar-refractivity contribution >= 4 is 11.6 Å². The first kappa shape index (κ1) is 10.3. The fourth-order valence-electron chi connectivity index (χ4n) is 1.20. The lowest BCUT2D eigenvalue weighted by Crippen LogP contribution is -2.06. The average molecular weight is 191 g/mol. The Hall–Kier alpha value is -1.77. The lowest BCUT2D eigenvalue weighted by Gasteiger charge is -2.08. The standard InChI is InChI=1S/C11H13NO2/c1-3-5-9-6-4-7-10(11(9)14)12-8(2)13/h3-4,6-7,14H,1,5H2,2H3,(H,12,13). The molecular formula is C11H13NO2. The summed E-state index contributed by atoms with van der Waals surface area (Å²) in [7, 11) is 0. The van der Waals surface area contributed by atoms with Crippen LogP contribution in [0.3, 0.4) is 0 Å². The van der Waals surface area contributed by atoms with Gasteiger partial charge in [-0.05, 0) is 18.1 Å². The molecule has 0 fully saturated rings. The van der Waals surface area contributed by atoms with Gasteiger partial charge < -0.3 is 10.4 Å². The van der Waals surface area contributed by atoms with Crippen molar-refractivity contribution < 1.29 is 9.90 Å². The first-order valence-electron chi connectivity index (χ1n) is 4.34. The van der Waals surface area contributed by atoms with Gasteiger partial charge in [-0.1, -0.05) is 18.2 Å². The van der Waals surface area contributed by atoms with Crippen LogP contribution in [0.4, 0.5) is 5.69 Å². The van der Waals surface area contributed by atoms with Gasteiger partial charge in [0.05, 0.1) is 5.69 Å². The minimum Gasteiger partial charge on any atom is -0.505 e. The molecule has 0 aliphatic heterocycles. The molecule has 2 N–H and O–H groups in total. The number of rotatable bonds is 3. The molecule has 1 rings (SSSR count). The van der Waals surface area contributed by atoms with Gasteiger partial charge in [-0.25, -0.2) is 0 Å². The Labute approximate surface area is 83.1 Å². The number of nitrogens with one attached hydrogen (secondary N) is 1. The molecule has 0 atom stereocenters. The number of amides is 1. The zero-order chi connectivity index (χ0) is 10.6. The van der Waals surface area contributed by atoms with Crippen molar-refractivity contribution in [1.29, 1.82) is 0 Å². The molecule has 14 heavy (non-hydrogen) atoms. The van der Waals surface area contributed by atoms with E-state index in [9.17, 15) is 9.90 Å². The number of carbonyl (C=O) groups is 1. The van der Waals surface area contributed by atoms with E-state index in [4.69, 9.17) is 0 Å². The predicted octanol–water partition coefficient (Wildman–Crippen LogP) is 2.08. The van der Waals surface area contributed by atoms with Gasteiger partial charge in [0.1, 0.15) is 5.75 Å². The van der Waals surface area contributed by atoms with E-state index in [0.717, 1.165) is 5.56 Å². The summed E-state index contributed by atoms with van der Waals surface area (Å²) in [5, 5.41) is 12.3. The summed E-state index contributed by atoms with van der Waals surface area (Å²) in [5.41, 5.74) is 1.20. The zero-order valence-corrected chi connectivity index (χ0v) is 8.08. The Bertz CT molecular complexity index is 358. The van der Waals surface area contributed by atoms with Gasteiger partial charge in [-0.3, -0.25) is 4.79 Å². The van der Waals surface area contributed by atoms with E-state index >= 15 is 0 Å². The number of para-hydroxylation sites is 1. The topological polar surface area (TPSA) is 49.3 Å². The van der Waals surface area contributed by atoms with E-state index in [-0.39, 0.29) is 11.7 Å². The first-order valence-corrected chi connectivity index (χ1v) is 4.34. The van der Waals surface area contributed by atoms with E-state index < -0.39 is 0 Å². The second kappa shape index (κ2) is 4.46. The Kier molecular flexibility index (Phi) is 3.29. The van der Waals surface area contributed by atoms with Gasteiger partial charge in [0.2, 0.25) is 5.91 Å². The van der Waals surface area contributed by atoms with Crippen molar-refractivity contribution in [2.45, 2.75) is 13.3 Å². The van der Waals surface area contributed by atoms with E-state index in [1.54, 1.807) is 24.3 Å². The molecule has 1 amide bonds. The zero-order valence-electron chi connectivity index (χ0n) is 8.08. The smallest absolute Gasteiger partial charge is 0.221 e. The minimum absolute atomic E-state index is 0.114. The molecule has 74 valence electrons. The summed E-state index contributed by atoms with van der Waals surface area (Å²) in [5.74, 6) is -0.0846. The van der Waals surface area contributed by atoms with E-state index in [0.29, 0.717) is 12.1 Å². The number of aromatic hydroxyl groups is 1. The van der Waals surface area contributed by atoms with Crippen molar-refractivity contribution in [3.63, 3.8) is 0 Å². The van der Waals surface area contributed by atoms with E-state index in [1.807, 2.05) is 0 Å². The van der Waals surface area contributed by atoms with Crippen molar-refractivity contribution in [2.75, 3.05) is 5.32 Å². The van der Waals surface area contributed by atoms with Gasteiger partial charge in [-0.2, -0.15) is 0 Å². The monoisotopic (exact) mass is 191 g/mol. The van der Waals surface area contributed by atoms with Crippen LogP contribution in [0, 0.1) is 0 Å². The van der Waals surface area contributed by atoms with Gasteiger partial charge in [0.25, 0.3) is 0 Å². The SMILES string of the molecule is C=CCc1cccc(NC(C)=O)c1O. The maximum Gasteiger partial charge on any atom is 0.221 e. The summed E-state index contributed by atoms with van der Waals surface area (Å²) >= 11 is 0. The molecular weight excluding hydrogens is 178 g/mol. The first-order chi connectivity index (χ1) is 6.65. The third-order valence-corrected chi connectivity index (χ3v) is 1.79. The molecule has 0 unspecified atom stereocenters. The third-order valence-electron chi connectivity index (χ3n) is 1.79. The third kappa shape index (κ3) is 2.36. The molecule has 0 saturated heterocycles. The number of phenolic OH excluding ortho intramolecular Hbond substituents is 1. The van der Waals surface area contributed by atoms with Crippen molar-refractivity contribution in [1.82, 2.24) is 0 Å². The number of carbonyl (C=O) groups excluding carboxylic acids is 1. The van der Waals surface area contributed by atoms with Crippen molar-refractivity contribution in [2.24, 2.45) is 0 Å². The molecule has 3 heteroatoms. The second-order valence-corrected chi connectivity index (χ2v) is 2.99. The van der Waals surface area contributed by atoms with Crippen LogP contribution in [0.1, 0.15) is 12.5 Å². The lowest BCUT2D eigenvalue weighted by atomic mass is 10.1. The number of hydrogen-bond acceptors (Lipinski definition) is 2. The van der Waals surface area contributed by atoms with Crippen LogP contribution in [-0.4, -0.2) is 11.0 Å². The fraction of sp³-hybridized carbons (Fsp3) is 0.182. The van der Waals surface area contributed by atoms with Gasteiger partial charge in [0, 0.05) is 6.92 Å². The van der Waals surface area contributed by atoms with Crippen LogP contribution in [-0.2, 0) is 11.2 Å². The second-order valence-electron chi connectivity index (χ2n) is 2.99. The molecule has 0 heterocycles. The molecule has 0 bridgehead atoms. The molecule has 0 aromatic heterocycles. The average Bonchev–Trinajstić information content (AvgIpc) is 2.11. The molecule has 0 radical (unpaired) electrons. The van der Waals surface area contributed by atoms with E-state index in [1.165, 1.54) is 6.92 Å². The Morgan fingerprint density at radius 1 is 1.64 bits per heavy atom. The minimum atomic E-state index is -0.198. The number of benzene rings is 1. The summed E-state index contributed by atoms with van der Waals surface area (Å²) in [6.07, 6.45) is 2.28. The molecule has 0 spiro atoms. The normalized spacial score (nSPS) is 9.50. The van der Waals surface area contributed by atoms with Gasteiger partial charge in [-0.15, -0.1) is 6.58 Å². The largest absolute Gasteiger partial charge is 0.505 e. The molecule has 3 nitrogen and oxygen atoms in total. The van der Waals surface area contributed by atoms with Crippen LogP contribution in [0.25, 0.3) is 0 Å². The Balaban J connectivity index is 3.00. The highest BCUT2D eigenvalue weighted by Crippen LogP contribution is 2.27. The molecule has 0 aliphatic rings. The summed E-state index contributed by atoms with van der Waals surface area (Å²) in [4.78, 5) is 10.8. The lowest BCUT2D eigenvalue weighted by molar-refractivity contribution is -0.114. The number of anilines is 1. The van der Waals surface area contributed by atoms with Crippen LogP contribution in [0.15, 0.2) is 30.9 Å².